The highest BCUT2D eigenvalue weighted by atomic mass is 19.1. The van der Waals surface area contributed by atoms with E-state index in [-0.39, 0.29) is 5.82 Å². The number of rotatable bonds is 1. The zero-order valence-electron chi connectivity index (χ0n) is 12.5. The van der Waals surface area contributed by atoms with Gasteiger partial charge in [-0.1, -0.05) is 0 Å². The third kappa shape index (κ3) is 1.96. The standard InChI is InChI=1S/C16H17FN4/c1-8-7-12(5-6-13(8)17)21-10(3)9(2)14-15(18)19-11(4)20-16(14)21/h5-7H,1-4H3,(H2,18,19,20). The van der Waals surface area contributed by atoms with Crippen LogP contribution in [-0.4, -0.2) is 14.5 Å². The molecule has 1 aromatic carbocycles. The van der Waals surface area contributed by atoms with Gasteiger partial charge in [-0.3, -0.25) is 4.57 Å². The first kappa shape index (κ1) is 13.5. The van der Waals surface area contributed by atoms with Crippen molar-refractivity contribution in [1.82, 2.24) is 14.5 Å². The lowest BCUT2D eigenvalue weighted by atomic mass is 10.2. The fourth-order valence-electron chi connectivity index (χ4n) is 2.69. The highest BCUT2D eigenvalue weighted by molar-refractivity contribution is 5.92. The van der Waals surface area contributed by atoms with Crippen LogP contribution in [-0.2, 0) is 0 Å². The van der Waals surface area contributed by atoms with E-state index >= 15 is 0 Å². The van der Waals surface area contributed by atoms with Gasteiger partial charge in [-0.2, -0.15) is 0 Å². The van der Waals surface area contributed by atoms with Gasteiger partial charge in [0.1, 0.15) is 17.5 Å². The van der Waals surface area contributed by atoms with Crippen LogP contribution in [0.25, 0.3) is 16.7 Å². The third-order valence-electron chi connectivity index (χ3n) is 3.89. The van der Waals surface area contributed by atoms with E-state index in [1.54, 1.807) is 13.0 Å². The summed E-state index contributed by atoms with van der Waals surface area (Å²) in [5, 5.41) is 0.861. The average molecular weight is 284 g/mol. The summed E-state index contributed by atoms with van der Waals surface area (Å²) >= 11 is 0. The van der Waals surface area contributed by atoms with Gasteiger partial charge in [0.05, 0.1) is 5.39 Å². The highest BCUT2D eigenvalue weighted by Gasteiger charge is 2.17. The quantitative estimate of drug-likeness (QED) is 0.745. The highest BCUT2D eigenvalue weighted by Crippen LogP contribution is 2.30. The molecule has 0 amide bonds. The minimum atomic E-state index is -0.213. The molecule has 2 heterocycles. The first-order valence-electron chi connectivity index (χ1n) is 6.78. The summed E-state index contributed by atoms with van der Waals surface area (Å²) in [6.07, 6.45) is 0. The molecule has 3 rings (SSSR count). The number of nitrogens with zero attached hydrogens (tertiary/aromatic N) is 3. The maximum Gasteiger partial charge on any atom is 0.150 e. The fourth-order valence-corrected chi connectivity index (χ4v) is 2.69. The number of aromatic nitrogens is 3. The molecule has 21 heavy (non-hydrogen) atoms. The Kier molecular flexibility index (Phi) is 2.93. The molecule has 0 unspecified atom stereocenters. The molecule has 0 aliphatic carbocycles. The van der Waals surface area contributed by atoms with Crippen molar-refractivity contribution in [3.05, 3.63) is 46.7 Å². The zero-order chi connectivity index (χ0) is 15.3. The number of nitrogen functional groups attached to an aromatic ring is 1. The maximum absolute atomic E-state index is 13.5. The molecular formula is C16H17FN4. The summed E-state index contributed by atoms with van der Waals surface area (Å²) in [6.45, 7) is 7.57. The molecule has 0 saturated carbocycles. The van der Waals surface area contributed by atoms with Gasteiger partial charge in [0, 0.05) is 11.4 Å². The minimum Gasteiger partial charge on any atom is -0.383 e. The summed E-state index contributed by atoms with van der Waals surface area (Å²) in [5.74, 6) is 0.892. The summed E-state index contributed by atoms with van der Waals surface area (Å²) in [5.41, 5.74) is 10.4. The number of aryl methyl sites for hydroxylation is 3. The lowest BCUT2D eigenvalue weighted by Crippen LogP contribution is -2.02. The molecular weight excluding hydrogens is 267 g/mol. The Morgan fingerprint density at radius 2 is 1.81 bits per heavy atom. The van der Waals surface area contributed by atoms with Crippen molar-refractivity contribution in [3.8, 4) is 5.69 Å². The van der Waals surface area contributed by atoms with E-state index in [1.165, 1.54) is 6.07 Å². The van der Waals surface area contributed by atoms with Gasteiger partial charge in [-0.05, 0) is 57.0 Å². The summed E-state index contributed by atoms with van der Waals surface area (Å²) in [7, 11) is 0. The van der Waals surface area contributed by atoms with Crippen LogP contribution in [0.15, 0.2) is 18.2 Å². The number of halogens is 1. The number of benzene rings is 1. The van der Waals surface area contributed by atoms with Gasteiger partial charge in [0.15, 0.2) is 5.65 Å². The second kappa shape index (κ2) is 4.55. The number of fused-ring (bicyclic) bond motifs is 1. The monoisotopic (exact) mass is 284 g/mol. The maximum atomic E-state index is 13.5. The Morgan fingerprint density at radius 1 is 1.10 bits per heavy atom. The van der Waals surface area contributed by atoms with E-state index < -0.39 is 0 Å². The molecule has 0 saturated heterocycles. The summed E-state index contributed by atoms with van der Waals surface area (Å²) < 4.78 is 15.5. The van der Waals surface area contributed by atoms with E-state index in [4.69, 9.17) is 5.73 Å². The molecule has 3 aromatic rings. The Balaban J connectivity index is 2.42. The third-order valence-corrected chi connectivity index (χ3v) is 3.89. The van der Waals surface area contributed by atoms with Gasteiger partial charge in [0.2, 0.25) is 0 Å². The van der Waals surface area contributed by atoms with Crippen molar-refractivity contribution in [2.75, 3.05) is 5.73 Å². The van der Waals surface area contributed by atoms with Crippen LogP contribution in [0.4, 0.5) is 10.2 Å². The molecule has 4 nitrogen and oxygen atoms in total. The number of nitrogens with two attached hydrogens (primary N) is 1. The Labute approximate surface area is 122 Å². The van der Waals surface area contributed by atoms with Crippen LogP contribution in [0.1, 0.15) is 22.6 Å². The molecule has 108 valence electrons. The molecule has 0 bridgehead atoms. The van der Waals surface area contributed by atoms with Crippen molar-refractivity contribution in [1.29, 1.82) is 0 Å². The molecule has 2 aromatic heterocycles. The van der Waals surface area contributed by atoms with Crippen LogP contribution in [0, 0.1) is 33.5 Å². The van der Waals surface area contributed by atoms with Gasteiger partial charge >= 0.3 is 0 Å². The van der Waals surface area contributed by atoms with E-state index in [2.05, 4.69) is 9.97 Å². The van der Waals surface area contributed by atoms with Gasteiger partial charge in [0.25, 0.3) is 0 Å². The van der Waals surface area contributed by atoms with Crippen molar-refractivity contribution in [3.63, 3.8) is 0 Å². The largest absolute Gasteiger partial charge is 0.383 e. The van der Waals surface area contributed by atoms with Gasteiger partial charge in [-0.25, -0.2) is 14.4 Å². The lowest BCUT2D eigenvalue weighted by Gasteiger charge is -2.09. The first-order valence-corrected chi connectivity index (χ1v) is 6.78. The predicted octanol–water partition coefficient (Wildman–Crippen LogP) is 3.38. The van der Waals surface area contributed by atoms with Crippen LogP contribution in [0.3, 0.4) is 0 Å². The van der Waals surface area contributed by atoms with E-state index in [9.17, 15) is 4.39 Å². The smallest absolute Gasteiger partial charge is 0.150 e. The Hall–Kier alpha value is -2.43. The van der Waals surface area contributed by atoms with E-state index in [1.807, 2.05) is 31.4 Å². The zero-order valence-corrected chi connectivity index (χ0v) is 12.5. The second-order valence-corrected chi connectivity index (χ2v) is 5.33. The first-order chi connectivity index (χ1) is 9.90. The van der Waals surface area contributed by atoms with Crippen LogP contribution >= 0.6 is 0 Å². The topological polar surface area (TPSA) is 56.7 Å². The molecule has 0 fully saturated rings. The van der Waals surface area contributed by atoms with Crippen molar-refractivity contribution in [2.45, 2.75) is 27.7 Å². The Morgan fingerprint density at radius 3 is 2.48 bits per heavy atom. The second-order valence-electron chi connectivity index (χ2n) is 5.33. The van der Waals surface area contributed by atoms with Gasteiger partial charge in [-0.15, -0.1) is 0 Å². The molecule has 2 N–H and O–H groups in total. The number of hydrogen-bond acceptors (Lipinski definition) is 3. The minimum absolute atomic E-state index is 0.213. The van der Waals surface area contributed by atoms with E-state index in [0.29, 0.717) is 17.2 Å². The van der Waals surface area contributed by atoms with E-state index in [0.717, 1.165) is 28.0 Å². The average Bonchev–Trinajstić information content (AvgIpc) is 2.65. The molecule has 0 atom stereocenters. The van der Waals surface area contributed by atoms with Crippen LogP contribution < -0.4 is 5.73 Å². The van der Waals surface area contributed by atoms with Crippen LogP contribution in [0.5, 0.6) is 0 Å². The number of anilines is 1. The fraction of sp³-hybridized carbons (Fsp3) is 0.250. The summed E-state index contributed by atoms with van der Waals surface area (Å²) in [6, 6.07) is 5.04. The van der Waals surface area contributed by atoms with Crippen LogP contribution in [0.2, 0.25) is 0 Å². The lowest BCUT2D eigenvalue weighted by molar-refractivity contribution is 0.618. The van der Waals surface area contributed by atoms with Crippen molar-refractivity contribution < 1.29 is 4.39 Å². The number of hydrogen-bond donors (Lipinski definition) is 1. The van der Waals surface area contributed by atoms with Crippen molar-refractivity contribution >= 4 is 16.9 Å². The molecule has 5 heteroatoms. The molecule has 0 spiro atoms. The predicted molar refractivity (Wildman–Crippen MR) is 82.2 cm³/mol. The Bertz CT molecular complexity index is 865. The molecule has 0 aliphatic rings. The normalized spacial score (nSPS) is 11.3. The van der Waals surface area contributed by atoms with Crippen molar-refractivity contribution in [2.24, 2.45) is 0 Å². The molecule has 0 radical (unpaired) electrons. The molecule has 0 aliphatic heterocycles. The summed E-state index contributed by atoms with van der Waals surface area (Å²) in [4.78, 5) is 8.76. The SMILES string of the molecule is Cc1nc(N)c2c(C)c(C)n(-c3ccc(F)c(C)c3)c2n1. The van der Waals surface area contributed by atoms with Gasteiger partial charge < -0.3 is 5.73 Å².